The van der Waals surface area contributed by atoms with Crippen LogP contribution in [0, 0.1) is 5.92 Å². The fourth-order valence-electron chi connectivity index (χ4n) is 3.04. The van der Waals surface area contributed by atoms with Gasteiger partial charge in [-0.3, -0.25) is 9.36 Å². The van der Waals surface area contributed by atoms with Crippen molar-refractivity contribution < 1.29 is 17.6 Å². The summed E-state index contributed by atoms with van der Waals surface area (Å²) in [6.07, 6.45) is 0.830. The molecule has 1 saturated heterocycles. The molecule has 2 N–H and O–H groups in total. The molecule has 0 bridgehead atoms. The number of fused-ring (bicyclic) bond motifs is 1. The second-order valence-corrected chi connectivity index (χ2v) is 7.76. The molecule has 0 unspecified atom stereocenters. The number of benzene rings is 1. The number of amides is 1. The monoisotopic (exact) mass is 353 g/mol. The van der Waals surface area contributed by atoms with Gasteiger partial charge >= 0.3 is 5.76 Å². The van der Waals surface area contributed by atoms with Gasteiger partial charge in [0, 0.05) is 31.6 Å². The summed E-state index contributed by atoms with van der Waals surface area (Å²) >= 11 is 0. The number of sulfonamides is 1. The molecule has 0 spiro atoms. The van der Waals surface area contributed by atoms with E-state index in [2.05, 4.69) is 0 Å². The van der Waals surface area contributed by atoms with Gasteiger partial charge in [-0.1, -0.05) is 0 Å². The van der Waals surface area contributed by atoms with Gasteiger partial charge in [0.25, 0.3) is 0 Å². The van der Waals surface area contributed by atoms with Crippen molar-refractivity contribution >= 4 is 27.0 Å². The van der Waals surface area contributed by atoms with E-state index in [4.69, 9.17) is 10.2 Å². The maximum atomic E-state index is 12.8. The Balaban J connectivity index is 1.92. The summed E-state index contributed by atoms with van der Waals surface area (Å²) < 4.78 is 33.4. The number of carbonyl (C=O) groups excluding carboxylic acids is 1. The Bertz CT molecular complexity index is 936. The molecule has 1 aromatic carbocycles. The molecule has 1 aliphatic heterocycles. The smallest absolute Gasteiger partial charge is 0.408 e. The molecular weight excluding hydrogens is 334 g/mol. The van der Waals surface area contributed by atoms with Crippen LogP contribution in [0.2, 0.25) is 0 Å². The van der Waals surface area contributed by atoms with E-state index in [0.717, 1.165) is 0 Å². The summed E-state index contributed by atoms with van der Waals surface area (Å²) in [7, 11) is -3.70. The van der Waals surface area contributed by atoms with E-state index in [0.29, 0.717) is 24.9 Å². The fraction of sp³-hybridized carbons (Fsp3) is 0.467. The van der Waals surface area contributed by atoms with Crippen molar-refractivity contribution in [3.05, 3.63) is 28.7 Å². The van der Waals surface area contributed by atoms with Gasteiger partial charge < -0.3 is 10.2 Å². The van der Waals surface area contributed by atoms with Gasteiger partial charge in [0.15, 0.2) is 5.58 Å². The molecule has 8 nitrogen and oxygen atoms in total. The van der Waals surface area contributed by atoms with Crippen LogP contribution in [-0.2, 0) is 21.4 Å². The van der Waals surface area contributed by atoms with Gasteiger partial charge in [0.1, 0.15) is 0 Å². The second-order valence-electron chi connectivity index (χ2n) is 5.82. The van der Waals surface area contributed by atoms with E-state index < -0.39 is 21.7 Å². The van der Waals surface area contributed by atoms with Gasteiger partial charge in [0.05, 0.1) is 10.4 Å². The first-order valence-corrected chi connectivity index (χ1v) is 9.21. The minimum absolute atomic E-state index is 0.0736. The molecule has 0 atom stereocenters. The van der Waals surface area contributed by atoms with Crippen LogP contribution >= 0.6 is 0 Å². The Morgan fingerprint density at radius 2 is 2.00 bits per heavy atom. The van der Waals surface area contributed by atoms with Crippen molar-refractivity contribution in [1.29, 1.82) is 0 Å². The predicted octanol–water partition coefficient (Wildman–Crippen LogP) is 0.500. The number of oxazole rings is 1. The number of aryl methyl sites for hydroxylation is 1. The molecule has 2 heterocycles. The number of rotatable bonds is 4. The van der Waals surface area contributed by atoms with E-state index in [9.17, 15) is 18.0 Å². The second kappa shape index (κ2) is 6.06. The lowest BCUT2D eigenvalue weighted by molar-refractivity contribution is -0.122. The Morgan fingerprint density at radius 1 is 1.33 bits per heavy atom. The van der Waals surface area contributed by atoms with Crippen LogP contribution in [0.25, 0.3) is 11.1 Å². The zero-order valence-corrected chi connectivity index (χ0v) is 14.1. The third-order valence-electron chi connectivity index (χ3n) is 4.45. The van der Waals surface area contributed by atoms with Crippen LogP contribution in [0.4, 0.5) is 0 Å². The van der Waals surface area contributed by atoms with Crippen LogP contribution in [0.3, 0.4) is 0 Å². The number of hydrogen-bond acceptors (Lipinski definition) is 5. The lowest BCUT2D eigenvalue weighted by atomic mass is 9.98. The summed E-state index contributed by atoms with van der Waals surface area (Å²) in [5.74, 6) is -1.18. The quantitative estimate of drug-likeness (QED) is 0.859. The topological polar surface area (TPSA) is 116 Å². The normalized spacial score (nSPS) is 17.4. The van der Waals surface area contributed by atoms with Crippen molar-refractivity contribution in [2.45, 2.75) is 31.2 Å². The number of piperidine rings is 1. The lowest BCUT2D eigenvalue weighted by Crippen LogP contribution is -2.41. The van der Waals surface area contributed by atoms with Crippen LogP contribution in [0.5, 0.6) is 0 Å². The molecule has 1 aliphatic rings. The fourth-order valence-corrected chi connectivity index (χ4v) is 4.52. The molecule has 1 fully saturated rings. The van der Waals surface area contributed by atoms with E-state index >= 15 is 0 Å². The number of hydrogen-bond donors (Lipinski definition) is 1. The summed E-state index contributed by atoms with van der Waals surface area (Å²) in [4.78, 5) is 23.0. The Kier molecular flexibility index (Phi) is 4.22. The highest BCUT2D eigenvalue weighted by Gasteiger charge is 2.31. The van der Waals surface area contributed by atoms with E-state index in [1.54, 1.807) is 6.07 Å². The van der Waals surface area contributed by atoms with Crippen molar-refractivity contribution in [3.63, 3.8) is 0 Å². The average Bonchev–Trinajstić information content (AvgIpc) is 2.88. The van der Waals surface area contributed by atoms with Crippen molar-refractivity contribution in [2.24, 2.45) is 11.7 Å². The average molecular weight is 353 g/mol. The first-order valence-electron chi connectivity index (χ1n) is 7.77. The third kappa shape index (κ3) is 2.73. The molecule has 1 aromatic heterocycles. The zero-order chi connectivity index (χ0) is 17.5. The van der Waals surface area contributed by atoms with Gasteiger partial charge in [0.2, 0.25) is 15.9 Å². The predicted molar refractivity (Wildman–Crippen MR) is 86.8 cm³/mol. The summed E-state index contributed by atoms with van der Waals surface area (Å²) in [6, 6.07) is 4.42. The molecule has 2 aromatic rings. The number of primary amides is 1. The number of nitrogens with two attached hydrogens (primary N) is 1. The van der Waals surface area contributed by atoms with Gasteiger partial charge in [-0.25, -0.2) is 13.2 Å². The van der Waals surface area contributed by atoms with Gasteiger partial charge in [-0.05, 0) is 31.9 Å². The highest BCUT2D eigenvalue weighted by Crippen LogP contribution is 2.26. The first kappa shape index (κ1) is 16.7. The molecule has 0 aliphatic carbocycles. The lowest BCUT2D eigenvalue weighted by Gasteiger charge is -2.29. The summed E-state index contributed by atoms with van der Waals surface area (Å²) in [5, 5.41) is 0. The largest absolute Gasteiger partial charge is 0.419 e. The summed E-state index contributed by atoms with van der Waals surface area (Å²) in [5.41, 5.74) is 6.08. The number of nitrogens with zero attached hydrogens (tertiary/aromatic N) is 2. The maximum absolute atomic E-state index is 12.8. The SMILES string of the molecule is CCn1c(=O)oc2cc(S(=O)(=O)N3CCC(C(N)=O)CC3)ccc21. The molecule has 0 saturated carbocycles. The molecule has 24 heavy (non-hydrogen) atoms. The maximum Gasteiger partial charge on any atom is 0.419 e. The van der Waals surface area contributed by atoms with Crippen molar-refractivity contribution in [2.75, 3.05) is 13.1 Å². The molecule has 1 amide bonds. The van der Waals surface area contributed by atoms with Crippen LogP contribution in [0.15, 0.2) is 32.3 Å². The molecule has 9 heteroatoms. The Hall–Kier alpha value is -2.13. The highest BCUT2D eigenvalue weighted by molar-refractivity contribution is 7.89. The highest BCUT2D eigenvalue weighted by atomic mass is 32.2. The van der Waals surface area contributed by atoms with Crippen LogP contribution in [0.1, 0.15) is 19.8 Å². The van der Waals surface area contributed by atoms with Crippen molar-refractivity contribution in [3.8, 4) is 0 Å². The number of carbonyl (C=O) groups is 1. The zero-order valence-electron chi connectivity index (χ0n) is 13.3. The minimum Gasteiger partial charge on any atom is -0.408 e. The molecular formula is C15H19N3O5S. The van der Waals surface area contributed by atoms with Crippen molar-refractivity contribution in [1.82, 2.24) is 8.87 Å². The molecule has 130 valence electrons. The molecule has 0 radical (unpaired) electrons. The number of aromatic nitrogens is 1. The summed E-state index contributed by atoms with van der Waals surface area (Å²) in [6.45, 7) is 2.74. The minimum atomic E-state index is -3.70. The van der Waals surface area contributed by atoms with Crippen LogP contribution < -0.4 is 11.5 Å². The van der Waals surface area contributed by atoms with Gasteiger partial charge in [-0.2, -0.15) is 4.31 Å². The van der Waals surface area contributed by atoms with E-state index in [1.165, 1.54) is 21.0 Å². The van der Waals surface area contributed by atoms with Crippen LogP contribution in [-0.4, -0.2) is 36.3 Å². The van der Waals surface area contributed by atoms with E-state index in [-0.39, 0.29) is 29.5 Å². The third-order valence-corrected chi connectivity index (χ3v) is 6.34. The first-order chi connectivity index (χ1) is 11.3. The van der Waals surface area contributed by atoms with Gasteiger partial charge in [-0.15, -0.1) is 0 Å². The molecule has 3 rings (SSSR count). The Labute approximate surface area is 138 Å². The standard InChI is InChI=1S/C15H19N3O5S/c1-2-18-12-4-3-11(9-13(12)23-15(18)20)24(21,22)17-7-5-10(6-8-17)14(16)19/h3-4,9-10H,2,5-8H2,1H3,(H2,16,19). The van der Waals surface area contributed by atoms with E-state index in [1.807, 2.05) is 6.92 Å². The Morgan fingerprint density at radius 3 is 2.58 bits per heavy atom.